The van der Waals surface area contributed by atoms with Crippen LogP contribution in [0.3, 0.4) is 0 Å². The number of benzene rings is 1. The second-order valence-electron chi connectivity index (χ2n) is 5.26. The topological polar surface area (TPSA) is 46.5 Å². The molecule has 19 heavy (non-hydrogen) atoms. The minimum Gasteiger partial charge on any atom is -0.496 e. The van der Waals surface area contributed by atoms with Crippen LogP contribution in [0.4, 0.5) is 4.39 Å². The molecular formula is C15H19FO3. The number of carbonyl (C=O) groups is 1. The maximum atomic E-state index is 13.5. The molecule has 0 unspecified atom stereocenters. The van der Waals surface area contributed by atoms with Gasteiger partial charge in [-0.3, -0.25) is 4.79 Å². The van der Waals surface area contributed by atoms with Crippen LogP contribution >= 0.6 is 0 Å². The molecule has 4 heteroatoms. The number of carboxylic acid groups (broad SMARTS) is 1. The molecule has 0 saturated heterocycles. The first-order valence-electron chi connectivity index (χ1n) is 6.63. The largest absolute Gasteiger partial charge is 0.496 e. The van der Waals surface area contributed by atoms with Crippen LogP contribution in [0, 0.1) is 5.82 Å². The summed E-state index contributed by atoms with van der Waals surface area (Å²) >= 11 is 0. The second-order valence-corrected chi connectivity index (χ2v) is 5.26. The molecular weight excluding hydrogens is 247 g/mol. The number of ether oxygens (including phenoxy) is 1. The lowest BCUT2D eigenvalue weighted by Crippen LogP contribution is -2.32. The van der Waals surface area contributed by atoms with E-state index >= 15 is 0 Å². The molecule has 1 aromatic rings. The van der Waals surface area contributed by atoms with Crippen molar-refractivity contribution in [1.82, 2.24) is 0 Å². The number of aliphatic carboxylic acids is 1. The summed E-state index contributed by atoms with van der Waals surface area (Å²) in [6.07, 6.45) is 4.66. The van der Waals surface area contributed by atoms with Gasteiger partial charge < -0.3 is 9.84 Å². The Balaban J connectivity index is 2.47. The van der Waals surface area contributed by atoms with Crippen molar-refractivity contribution in [2.75, 3.05) is 7.11 Å². The number of carboxylic acids is 1. The molecule has 0 atom stereocenters. The fourth-order valence-corrected chi connectivity index (χ4v) is 3.15. The first-order valence-corrected chi connectivity index (χ1v) is 6.63. The van der Waals surface area contributed by atoms with Crippen molar-refractivity contribution in [2.24, 2.45) is 0 Å². The lowest BCUT2D eigenvalue weighted by molar-refractivity contribution is -0.138. The highest BCUT2D eigenvalue weighted by atomic mass is 19.1. The highest BCUT2D eigenvalue weighted by Gasteiger charge is 2.38. The van der Waals surface area contributed by atoms with E-state index in [1.54, 1.807) is 6.07 Å². The normalized spacial score (nSPS) is 18.0. The Morgan fingerprint density at radius 3 is 2.63 bits per heavy atom. The van der Waals surface area contributed by atoms with E-state index in [4.69, 9.17) is 4.74 Å². The number of methoxy groups -OCH3 is 1. The molecule has 1 aliphatic rings. The highest BCUT2D eigenvalue weighted by Crippen LogP contribution is 2.45. The average molecular weight is 266 g/mol. The SMILES string of the molecule is COc1ccc(F)cc1C1(CC(=O)O)CCCCC1. The third-order valence-corrected chi connectivity index (χ3v) is 4.03. The molecule has 0 aliphatic heterocycles. The zero-order valence-electron chi connectivity index (χ0n) is 11.1. The first-order chi connectivity index (χ1) is 9.07. The van der Waals surface area contributed by atoms with Crippen molar-refractivity contribution in [3.05, 3.63) is 29.6 Å². The zero-order valence-corrected chi connectivity index (χ0v) is 11.1. The molecule has 0 aromatic heterocycles. The van der Waals surface area contributed by atoms with Gasteiger partial charge in [0.1, 0.15) is 11.6 Å². The predicted octanol–water partition coefficient (Wildman–Crippen LogP) is 3.51. The maximum Gasteiger partial charge on any atom is 0.304 e. The van der Waals surface area contributed by atoms with Crippen LogP contribution in [0.15, 0.2) is 18.2 Å². The van der Waals surface area contributed by atoms with Crippen molar-refractivity contribution in [3.8, 4) is 5.75 Å². The molecule has 1 aromatic carbocycles. The van der Waals surface area contributed by atoms with Gasteiger partial charge in [-0.25, -0.2) is 4.39 Å². The summed E-state index contributed by atoms with van der Waals surface area (Å²) in [6, 6.07) is 4.37. The summed E-state index contributed by atoms with van der Waals surface area (Å²) in [5, 5.41) is 9.19. The monoisotopic (exact) mass is 266 g/mol. The van der Waals surface area contributed by atoms with E-state index in [1.807, 2.05) is 0 Å². The van der Waals surface area contributed by atoms with E-state index in [1.165, 1.54) is 19.2 Å². The van der Waals surface area contributed by atoms with Gasteiger partial charge in [-0.1, -0.05) is 19.3 Å². The fraction of sp³-hybridized carbons (Fsp3) is 0.533. The van der Waals surface area contributed by atoms with Gasteiger partial charge in [-0.15, -0.1) is 0 Å². The van der Waals surface area contributed by atoms with Gasteiger partial charge >= 0.3 is 5.97 Å². The molecule has 104 valence electrons. The van der Waals surface area contributed by atoms with E-state index in [9.17, 15) is 14.3 Å². The molecule has 0 radical (unpaired) electrons. The number of halogens is 1. The Bertz CT molecular complexity index is 464. The smallest absolute Gasteiger partial charge is 0.304 e. The second kappa shape index (κ2) is 5.59. The Hall–Kier alpha value is -1.58. The molecule has 0 spiro atoms. The lowest BCUT2D eigenvalue weighted by Gasteiger charge is -2.37. The average Bonchev–Trinajstić information content (AvgIpc) is 2.39. The fourth-order valence-electron chi connectivity index (χ4n) is 3.15. The summed E-state index contributed by atoms with van der Waals surface area (Å²) in [6.45, 7) is 0. The van der Waals surface area contributed by atoms with Gasteiger partial charge in [-0.2, -0.15) is 0 Å². The van der Waals surface area contributed by atoms with Crippen LogP contribution in [-0.4, -0.2) is 18.2 Å². The summed E-state index contributed by atoms with van der Waals surface area (Å²) in [7, 11) is 1.54. The Kier molecular flexibility index (Phi) is 4.08. The highest BCUT2D eigenvalue weighted by molar-refractivity contribution is 5.69. The number of rotatable bonds is 4. The van der Waals surface area contributed by atoms with E-state index in [-0.39, 0.29) is 12.2 Å². The molecule has 1 N–H and O–H groups in total. The summed E-state index contributed by atoms with van der Waals surface area (Å²) in [4.78, 5) is 11.2. The van der Waals surface area contributed by atoms with Crippen molar-refractivity contribution >= 4 is 5.97 Å². The van der Waals surface area contributed by atoms with Crippen molar-refractivity contribution in [1.29, 1.82) is 0 Å². The third-order valence-electron chi connectivity index (χ3n) is 4.03. The van der Waals surface area contributed by atoms with Crippen LogP contribution in [-0.2, 0) is 10.2 Å². The van der Waals surface area contributed by atoms with E-state index in [2.05, 4.69) is 0 Å². The van der Waals surface area contributed by atoms with Gasteiger partial charge in [0.25, 0.3) is 0 Å². The molecule has 0 amide bonds. The third kappa shape index (κ3) is 2.88. The summed E-state index contributed by atoms with van der Waals surface area (Å²) in [5.41, 5.74) is 0.217. The van der Waals surface area contributed by atoms with Crippen LogP contribution in [0.2, 0.25) is 0 Å². The van der Waals surface area contributed by atoms with E-state index in [0.717, 1.165) is 32.1 Å². The van der Waals surface area contributed by atoms with Crippen molar-refractivity contribution in [2.45, 2.75) is 43.9 Å². The zero-order chi connectivity index (χ0) is 13.9. The van der Waals surface area contributed by atoms with Crippen LogP contribution in [0.25, 0.3) is 0 Å². The molecule has 1 saturated carbocycles. The Morgan fingerprint density at radius 1 is 1.37 bits per heavy atom. The first kappa shape index (κ1) is 13.8. The molecule has 0 bridgehead atoms. The molecule has 1 fully saturated rings. The molecule has 0 heterocycles. The molecule has 2 rings (SSSR count). The van der Waals surface area contributed by atoms with Gasteiger partial charge in [0.2, 0.25) is 0 Å². The van der Waals surface area contributed by atoms with Crippen LogP contribution in [0.1, 0.15) is 44.1 Å². The quantitative estimate of drug-likeness (QED) is 0.907. The van der Waals surface area contributed by atoms with Gasteiger partial charge in [0, 0.05) is 11.0 Å². The van der Waals surface area contributed by atoms with Crippen LogP contribution in [0.5, 0.6) is 5.75 Å². The minimum absolute atomic E-state index is 0.0345. The van der Waals surface area contributed by atoms with Crippen molar-refractivity contribution < 1.29 is 19.0 Å². The molecule has 1 aliphatic carbocycles. The van der Waals surface area contributed by atoms with E-state index < -0.39 is 11.4 Å². The molecule has 3 nitrogen and oxygen atoms in total. The van der Waals surface area contributed by atoms with E-state index in [0.29, 0.717) is 11.3 Å². The standard InChI is InChI=1S/C15H19FO3/c1-19-13-6-5-11(16)9-12(13)15(10-14(17)18)7-3-2-4-8-15/h5-6,9H,2-4,7-8,10H2,1H3,(H,17,18). The maximum absolute atomic E-state index is 13.5. The van der Waals surface area contributed by atoms with Gasteiger partial charge in [0.15, 0.2) is 0 Å². The van der Waals surface area contributed by atoms with Gasteiger partial charge in [0.05, 0.1) is 13.5 Å². The predicted molar refractivity (Wildman–Crippen MR) is 70.0 cm³/mol. The van der Waals surface area contributed by atoms with Crippen LogP contribution < -0.4 is 4.74 Å². The Labute approximate surface area is 112 Å². The summed E-state index contributed by atoms with van der Waals surface area (Å²) in [5.74, 6) is -0.594. The van der Waals surface area contributed by atoms with Crippen molar-refractivity contribution in [3.63, 3.8) is 0 Å². The Morgan fingerprint density at radius 2 is 2.05 bits per heavy atom. The summed E-state index contributed by atoms with van der Waals surface area (Å²) < 4.78 is 18.8. The van der Waals surface area contributed by atoms with Gasteiger partial charge in [-0.05, 0) is 31.0 Å². The number of hydrogen-bond donors (Lipinski definition) is 1. The lowest BCUT2D eigenvalue weighted by atomic mass is 9.67. The number of hydrogen-bond acceptors (Lipinski definition) is 2. The minimum atomic E-state index is -0.840.